The van der Waals surface area contributed by atoms with Gasteiger partial charge in [0.2, 0.25) is 0 Å². The molecule has 2 aromatic rings. The van der Waals surface area contributed by atoms with Gasteiger partial charge in [0, 0.05) is 5.69 Å². The van der Waals surface area contributed by atoms with Gasteiger partial charge in [-0.15, -0.1) is 11.3 Å². The molecule has 0 aliphatic carbocycles. The number of aryl methyl sites for hydroxylation is 1. The van der Waals surface area contributed by atoms with Crippen molar-refractivity contribution in [2.75, 3.05) is 5.32 Å². The molecule has 0 atom stereocenters. The Balaban J connectivity index is 2.30. The van der Waals surface area contributed by atoms with E-state index in [1.54, 1.807) is 0 Å². The smallest absolute Gasteiger partial charge is 0.266 e. The summed E-state index contributed by atoms with van der Waals surface area (Å²) in [7, 11) is 0. The third-order valence-corrected chi connectivity index (χ3v) is 4.07. The summed E-state index contributed by atoms with van der Waals surface area (Å²) in [5.74, 6) is -0.0239. The Labute approximate surface area is 118 Å². The van der Waals surface area contributed by atoms with Crippen molar-refractivity contribution in [2.24, 2.45) is 0 Å². The van der Waals surface area contributed by atoms with Crippen LogP contribution in [-0.4, -0.2) is 5.91 Å². The molecule has 0 fully saturated rings. The molecule has 100 valence electrons. The fourth-order valence-electron chi connectivity index (χ4n) is 2.03. The van der Waals surface area contributed by atoms with Crippen molar-refractivity contribution in [1.29, 1.82) is 0 Å². The number of hydrogen-bond donors (Lipinski definition) is 1. The Kier molecular flexibility index (Phi) is 3.76. The number of amides is 1. The van der Waals surface area contributed by atoms with Crippen molar-refractivity contribution < 1.29 is 4.79 Å². The van der Waals surface area contributed by atoms with Gasteiger partial charge >= 0.3 is 0 Å². The number of rotatable bonds is 2. The number of hydrogen-bond acceptors (Lipinski definition) is 2. The molecule has 1 aromatic heterocycles. The van der Waals surface area contributed by atoms with Crippen LogP contribution in [0.2, 0.25) is 0 Å². The minimum atomic E-state index is -0.0239. The molecule has 0 saturated heterocycles. The summed E-state index contributed by atoms with van der Waals surface area (Å²) >= 11 is 1.48. The predicted molar refractivity (Wildman–Crippen MR) is 82.2 cm³/mol. The number of nitrogens with one attached hydrogen (secondary N) is 1. The minimum absolute atomic E-state index is 0.00830. The molecule has 0 unspecified atom stereocenters. The van der Waals surface area contributed by atoms with Crippen LogP contribution in [0.4, 0.5) is 5.69 Å². The maximum absolute atomic E-state index is 12.3. The zero-order valence-electron chi connectivity index (χ0n) is 11.8. The molecule has 19 heavy (non-hydrogen) atoms. The fourth-order valence-corrected chi connectivity index (χ4v) is 2.85. The highest BCUT2D eigenvalue weighted by Gasteiger charge is 2.19. The SMILES string of the molecule is Cc1ccsc1C(=O)Nc1ccccc1C(C)(C)C. The van der Waals surface area contributed by atoms with Crippen LogP contribution in [0.3, 0.4) is 0 Å². The number of anilines is 1. The molecular formula is C16H19NOS. The summed E-state index contributed by atoms with van der Waals surface area (Å²) in [6, 6.07) is 9.95. The van der Waals surface area contributed by atoms with Crippen molar-refractivity contribution >= 4 is 22.9 Å². The van der Waals surface area contributed by atoms with Crippen molar-refractivity contribution in [3.05, 3.63) is 51.7 Å². The zero-order chi connectivity index (χ0) is 14.0. The van der Waals surface area contributed by atoms with Gasteiger partial charge in [0.1, 0.15) is 0 Å². The minimum Gasteiger partial charge on any atom is -0.321 e. The van der Waals surface area contributed by atoms with Gasteiger partial charge in [-0.1, -0.05) is 39.0 Å². The third-order valence-electron chi connectivity index (χ3n) is 3.05. The quantitative estimate of drug-likeness (QED) is 0.850. The lowest BCUT2D eigenvalue weighted by Gasteiger charge is -2.22. The monoisotopic (exact) mass is 273 g/mol. The second-order valence-electron chi connectivity index (χ2n) is 5.68. The summed E-state index contributed by atoms with van der Waals surface area (Å²) in [5.41, 5.74) is 3.08. The Morgan fingerprint density at radius 1 is 1.16 bits per heavy atom. The highest BCUT2D eigenvalue weighted by atomic mass is 32.1. The molecule has 0 aliphatic rings. The molecule has 0 radical (unpaired) electrons. The van der Waals surface area contributed by atoms with E-state index >= 15 is 0 Å². The van der Waals surface area contributed by atoms with E-state index in [0.29, 0.717) is 0 Å². The van der Waals surface area contributed by atoms with Crippen molar-refractivity contribution in [2.45, 2.75) is 33.1 Å². The molecule has 0 aliphatic heterocycles. The van der Waals surface area contributed by atoms with Gasteiger partial charge in [-0.05, 0) is 41.0 Å². The number of benzene rings is 1. The van der Waals surface area contributed by atoms with Gasteiger partial charge in [-0.25, -0.2) is 0 Å². The second-order valence-corrected chi connectivity index (χ2v) is 6.60. The molecule has 2 nitrogen and oxygen atoms in total. The van der Waals surface area contributed by atoms with Crippen LogP contribution in [0.1, 0.15) is 41.6 Å². The van der Waals surface area contributed by atoms with Crippen LogP contribution in [-0.2, 0) is 5.41 Å². The Morgan fingerprint density at radius 3 is 2.42 bits per heavy atom. The van der Waals surface area contributed by atoms with Gasteiger partial charge in [-0.3, -0.25) is 4.79 Å². The second kappa shape index (κ2) is 5.17. The van der Waals surface area contributed by atoms with Crippen molar-refractivity contribution in [3.63, 3.8) is 0 Å². The summed E-state index contributed by atoms with van der Waals surface area (Å²) in [5, 5.41) is 4.98. The van der Waals surface area contributed by atoms with Crippen LogP contribution in [0.15, 0.2) is 35.7 Å². The topological polar surface area (TPSA) is 29.1 Å². The lowest BCUT2D eigenvalue weighted by molar-refractivity contribution is 0.103. The van der Waals surface area contributed by atoms with E-state index in [1.165, 1.54) is 11.3 Å². The molecular weight excluding hydrogens is 254 g/mol. The maximum atomic E-state index is 12.3. The van der Waals surface area contributed by atoms with E-state index in [0.717, 1.165) is 21.7 Å². The zero-order valence-corrected chi connectivity index (χ0v) is 12.6. The highest BCUT2D eigenvalue weighted by Crippen LogP contribution is 2.30. The van der Waals surface area contributed by atoms with Gasteiger partial charge in [-0.2, -0.15) is 0 Å². The van der Waals surface area contributed by atoms with Crippen LogP contribution in [0, 0.1) is 6.92 Å². The molecule has 0 spiro atoms. The summed E-state index contributed by atoms with van der Waals surface area (Å²) < 4.78 is 0. The third kappa shape index (κ3) is 3.04. The van der Waals surface area contributed by atoms with Gasteiger partial charge in [0.05, 0.1) is 4.88 Å². The molecule has 1 N–H and O–H groups in total. The molecule has 0 saturated carbocycles. The Bertz CT molecular complexity index is 593. The first-order valence-corrected chi connectivity index (χ1v) is 7.22. The van der Waals surface area contributed by atoms with Crippen LogP contribution < -0.4 is 5.32 Å². The van der Waals surface area contributed by atoms with E-state index in [2.05, 4.69) is 32.2 Å². The number of thiophene rings is 1. The lowest BCUT2D eigenvalue weighted by atomic mass is 9.86. The lowest BCUT2D eigenvalue weighted by Crippen LogP contribution is -2.18. The highest BCUT2D eigenvalue weighted by molar-refractivity contribution is 7.12. The van der Waals surface area contributed by atoms with E-state index in [-0.39, 0.29) is 11.3 Å². The largest absolute Gasteiger partial charge is 0.321 e. The normalized spacial score (nSPS) is 11.4. The number of carbonyl (C=O) groups excluding carboxylic acids is 1. The van der Waals surface area contributed by atoms with Gasteiger partial charge in [0.15, 0.2) is 0 Å². The summed E-state index contributed by atoms with van der Waals surface area (Å²) in [6.45, 7) is 8.40. The average molecular weight is 273 g/mol. The van der Waals surface area contributed by atoms with Gasteiger partial charge < -0.3 is 5.32 Å². The fraction of sp³-hybridized carbons (Fsp3) is 0.312. The first kappa shape index (κ1) is 13.8. The van der Waals surface area contributed by atoms with E-state index in [1.807, 2.05) is 36.6 Å². The standard InChI is InChI=1S/C16H19NOS/c1-11-9-10-19-14(11)15(18)17-13-8-6-5-7-12(13)16(2,3)4/h5-10H,1-4H3,(H,17,18). The van der Waals surface area contributed by atoms with Crippen molar-refractivity contribution in [1.82, 2.24) is 0 Å². The van der Waals surface area contributed by atoms with Gasteiger partial charge in [0.25, 0.3) is 5.91 Å². The molecule has 1 amide bonds. The maximum Gasteiger partial charge on any atom is 0.266 e. The first-order chi connectivity index (χ1) is 8.89. The Hall–Kier alpha value is -1.61. The summed E-state index contributed by atoms with van der Waals surface area (Å²) in [6.07, 6.45) is 0. The van der Waals surface area contributed by atoms with E-state index in [4.69, 9.17) is 0 Å². The average Bonchev–Trinajstić information content (AvgIpc) is 2.75. The first-order valence-electron chi connectivity index (χ1n) is 6.34. The summed E-state index contributed by atoms with van der Waals surface area (Å²) in [4.78, 5) is 13.1. The van der Waals surface area contributed by atoms with E-state index < -0.39 is 0 Å². The number of para-hydroxylation sites is 1. The number of carbonyl (C=O) groups is 1. The van der Waals surface area contributed by atoms with Crippen LogP contribution in [0.5, 0.6) is 0 Å². The molecule has 0 bridgehead atoms. The van der Waals surface area contributed by atoms with Crippen LogP contribution >= 0.6 is 11.3 Å². The van der Waals surface area contributed by atoms with Crippen LogP contribution in [0.25, 0.3) is 0 Å². The molecule has 3 heteroatoms. The molecule has 2 rings (SSSR count). The predicted octanol–water partition coefficient (Wildman–Crippen LogP) is 4.61. The molecule has 1 aromatic carbocycles. The molecule has 1 heterocycles. The Morgan fingerprint density at radius 2 is 1.84 bits per heavy atom. The van der Waals surface area contributed by atoms with Crippen molar-refractivity contribution in [3.8, 4) is 0 Å². The van der Waals surface area contributed by atoms with E-state index in [9.17, 15) is 4.79 Å².